The Hall–Kier alpha value is -2.95. The lowest BCUT2D eigenvalue weighted by atomic mass is 10.1. The summed E-state index contributed by atoms with van der Waals surface area (Å²) in [5.74, 6) is 1.33. The number of pyridine rings is 1. The largest absolute Gasteiger partial charge is 0.481 e. The Bertz CT molecular complexity index is 905. The smallest absolute Gasteiger partial charge is 0.215 e. The molecule has 2 heterocycles. The first-order chi connectivity index (χ1) is 11.3. The molecule has 0 aliphatic heterocycles. The van der Waals surface area contributed by atoms with Crippen molar-refractivity contribution in [3.63, 3.8) is 0 Å². The number of methoxy groups -OCH3 is 1. The fraction of sp³-hybridized carbons (Fsp3) is 0.167. The van der Waals surface area contributed by atoms with Crippen LogP contribution in [0, 0.1) is 0 Å². The van der Waals surface area contributed by atoms with E-state index in [1.54, 1.807) is 7.11 Å². The Balaban J connectivity index is 1.59. The fourth-order valence-electron chi connectivity index (χ4n) is 2.77. The molecule has 0 atom stereocenters. The van der Waals surface area contributed by atoms with Crippen molar-refractivity contribution in [2.45, 2.75) is 13.0 Å². The van der Waals surface area contributed by atoms with Crippen molar-refractivity contribution in [1.82, 2.24) is 15.0 Å². The van der Waals surface area contributed by atoms with Crippen LogP contribution in [0.5, 0.6) is 5.88 Å². The van der Waals surface area contributed by atoms with Crippen molar-refractivity contribution < 1.29 is 4.74 Å². The number of anilines is 1. The molecule has 23 heavy (non-hydrogen) atoms. The first kappa shape index (κ1) is 13.7. The number of rotatable bonds is 4. The lowest BCUT2D eigenvalue weighted by molar-refractivity contribution is 0.399. The van der Waals surface area contributed by atoms with E-state index in [0.29, 0.717) is 18.1 Å². The third-order valence-electron chi connectivity index (χ3n) is 3.99. The van der Waals surface area contributed by atoms with Crippen molar-refractivity contribution in [2.75, 3.05) is 12.4 Å². The van der Waals surface area contributed by atoms with Crippen molar-refractivity contribution in [3.05, 3.63) is 59.4 Å². The molecule has 3 aromatic rings. The topological polar surface area (TPSA) is 59.9 Å². The molecule has 5 heteroatoms. The first-order valence-electron chi connectivity index (χ1n) is 7.51. The van der Waals surface area contributed by atoms with Gasteiger partial charge in [-0.15, -0.1) is 0 Å². The zero-order chi connectivity index (χ0) is 15.6. The Kier molecular flexibility index (Phi) is 3.38. The zero-order valence-corrected chi connectivity index (χ0v) is 12.8. The third kappa shape index (κ3) is 2.61. The SMILES string of the molecule is COc1ccc2c(NCc3ccc4c(c3)C=CC4)ncnc2n1. The summed E-state index contributed by atoms with van der Waals surface area (Å²) in [6.45, 7) is 0.708. The molecule has 0 saturated carbocycles. The normalized spacial score (nSPS) is 12.4. The van der Waals surface area contributed by atoms with Gasteiger partial charge in [-0.2, -0.15) is 4.98 Å². The lowest BCUT2D eigenvalue weighted by Crippen LogP contribution is -2.03. The van der Waals surface area contributed by atoms with Gasteiger partial charge in [-0.1, -0.05) is 24.3 Å². The quantitative estimate of drug-likeness (QED) is 0.802. The first-order valence-corrected chi connectivity index (χ1v) is 7.51. The maximum absolute atomic E-state index is 5.14. The summed E-state index contributed by atoms with van der Waals surface area (Å²) in [6, 6.07) is 10.3. The summed E-state index contributed by atoms with van der Waals surface area (Å²) in [5.41, 5.74) is 4.54. The van der Waals surface area contributed by atoms with Gasteiger partial charge in [-0.3, -0.25) is 0 Å². The van der Waals surface area contributed by atoms with E-state index in [1.807, 2.05) is 12.1 Å². The highest BCUT2D eigenvalue weighted by atomic mass is 16.5. The minimum absolute atomic E-state index is 0.549. The maximum Gasteiger partial charge on any atom is 0.215 e. The van der Waals surface area contributed by atoms with Crippen LogP contribution in [-0.2, 0) is 13.0 Å². The number of hydrogen-bond donors (Lipinski definition) is 1. The molecule has 1 aromatic carbocycles. The van der Waals surface area contributed by atoms with E-state index in [2.05, 4.69) is 50.6 Å². The summed E-state index contributed by atoms with van der Waals surface area (Å²) in [7, 11) is 1.59. The lowest BCUT2D eigenvalue weighted by Gasteiger charge is -2.09. The van der Waals surface area contributed by atoms with Crippen LogP contribution in [0.1, 0.15) is 16.7 Å². The molecule has 0 spiro atoms. The van der Waals surface area contributed by atoms with E-state index in [0.717, 1.165) is 17.6 Å². The number of benzene rings is 1. The molecule has 2 aromatic heterocycles. The number of fused-ring (bicyclic) bond motifs is 2. The predicted octanol–water partition coefficient (Wildman–Crippen LogP) is 3.21. The third-order valence-corrected chi connectivity index (χ3v) is 3.99. The predicted molar refractivity (Wildman–Crippen MR) is 90.4 cm³/mol. The molecule has 0 bridgehead atoms. The Labute approximate surface area is 134 Å². The van der Waals surface area contributed by atoms with Crippen LogP contribution < -0.4 is 10.1 Å². The number of ether oxygens (including phenoxy) is 1. The van der Waals surface area contributed by atoms with E-state index in [1.165, 1.54) is 23.0 Å². The average Bonchev–Trinajstić information content (AvgIpc) is 3.07. The van der Waals surface area contributed by atoms with Crippen molar-refractivity contribution in [3.8, 4) is 5.88 Å². The Morgan fingerprint density at radius 1 is 1.17 bits per heavy atom. The van der Waals surface area contributed by atoms with Gasteiger partial charge in [0.05, 0.1) is 12.5 Å². The zero-order valence-electron chi connectivity index (χ0n) is 12.8. The van der Waals surface area contributed by atoms with E-state index in [4.69, 9.17) is 4.74 Å². The van der Waals surface area contributed by atoms with Crippen LogP contribution in [-0.4, -0.2) is 22.1 Å². The number of aromatic nitrogens is 3. The Morgan fingerprint density at radius 3 is 3.04 bits per heavy atom. The number of allylic oxidation sites excluding steroid dienone is 1. The summed E-state index contributed by atoms with van der Waals surface area (Å²) >= 11 is 0. The fourth-order valence-corrected chi connectivity index (χ4v) is 2.77. The molecule has 0 fully saturated rings. The molecule has 4 rings (SSSR count). The number of nitrogens with zero attached hydrogens (tertiary/aromatic N) is 3. The van der Waals surface area contributed by atoms with Crippen molar-refractivity contribution in [2.24, 2.45) is 0 Å². The molecular weight excluding hydrogens is 288 g/mol. The van der Waals surface area contributed by atoms with Crippen LogP contribution in [0.2, 0.25) is 0 Å². The molecule has 1 N–H and O–H groups in total. The van der Waals surface area contributed by atoms with Gasteiger partial charge in [0.2, 0.25) is 5.88 Å². The molecule has 1 aliphatic carbocycles. The van der Waals surface area contributed by atoms with E-state index >= 15 is 0 Å². The van der Waals surface area contributed by atoms with Crippen molar-refractivity contribution >= 4 is 22.9 Å². The summed E-state index contributed by atoms with van der Waals surface area (Å²) < 4.78 is 5.14. The maximum atomic E-state index is 5.14. The molecular formula is C18H16N4O. The van der Waals surface area contributed by atoms with Crippen LogP contribution in [0.4, 0.5) is 5.82 Å². The highest BCUT2D eigenvalue weighted by Crippen LogP contribution is 2.23. The molecule has 5 nitrogen and oxygen atoms in total. The summed E-state index contributed by atoms with van der Waals surface area (Å²) in [5, 5.41) is 4.26. The van der Waals surface area contributed by atoms with Gasteiger partial charge in [0.25, 0.3) is 0 Å². The molecule has 0 saturated heterocycles. The van der Waals surface area contributed by atoms with Crippen LogP contribution in [0.3, 0.4) is 0 Å². The van der Waals surface area contributed by atoms with Gasteiger partial charge in [0, 0.05) is 12.6 Å². The molecule has 0 radical (unpaired) electrons. The second kappa shape index (κ2) is 5.68. The molecule has 0 unspecified atom stereocenters. The summed E-state index contributed by atoms with van der Waals surface area (Å²) in [4.78, 5) is 12.9. The highest BCUT2D eigenvalue weighted by Gasteiger charge is 2.08. The molecule has 114 valence electrons. The van der Waals surface area contributed by atoms with Gasteiger partial charge < -0.3 is 10.1 Å². The van der Waals surface area contributed by atoms with Crippen LogP contribution >= 0.6 is 0 Å². The molecule has 1 aliphatic rings. The minimum atomic E-state index is 0.549. The monoisotopic (exact) mass is 304 g/mol. The average molecular weight is 304 g/mol. The molecule has 0 amide bonds. The van der Waals surface area contributed by atoms with Crippen molar-refractivity contribution in [1.29, 1.82) is 0 Å². The van der Waals surface area contributed by atoms with Gasteiger partial charge in [-0.05, 0) is 35.2 Å². The highest BCUT2D eigenvalue weighted by molar-refractivity contribution is 5.86. The van der Waals surface area contributed by atoms with E-state index in [9.17, 15) is 0 Å². The van der Waals surface area contributed by atoms with Gasteiger partial charge >= 0.3 is 0 Å². The number of hydrogen-bond acceptors (Lipinski definition) is 5. The van der Waals surface area contributed by atoms with E-state index in [-0.39, 0.29) is 0 Å². The second-order valence-corrected chi connectivity index (χ2v) is 5.44. The summed E-state index contributed by atoms with van der Waals surface area (Å²) in [6.07, 6.45) is 6.92. The standard InChI is InChI=1S/C18H16N4O/c1-23-16-8-7-15-17(20-11-21-18(15)22-16)19-10-12-5-6-13-3-2-4-14(13)9-12/h2,4-9,11H,3,10H2,1H3,(H,19,20,21,22). The van der Waals surface area contributed by atoms with Crippen LogP contribution in [0.15, 0.2) is 42.7 Å². The minimum Gasteiger partial charge on any atom is -0.481 e. The van der Waals surface area contributed by atoms with Crippen LogP contribution in [0.25, 0.3) is 17.1 Å². The van der Waals surface area contributed by atoms with Gasteiger partial charge in [0.1, 0.15) is 12.1 Å². The van der Waals surface area contributed by atoms with Gasteiger partial charge in [0.15, 0.2) is 5.65 Å². The number of nitrogens with one attached hydrogen (secondary N) is 1. The Morgan fingerprint density at radius 2 is 2.13 bits per heavy atom. The van der Waals surface area contributed by atoms with E-state index < -0.39 is 0 Å². The van der Waals surface area contributed by atoms with Gasteiger partial charge in [-0.25, -0.2) is 9.97 Å². The second-order valence-electron chi connectivity index (χ2n) is 5.44.